The summed E-state index contributed by atoms with van der Waals surface area (Å²) in [6, 6.07) is 5.76. The molecule has 1 N–H and O–H groups in total. The van der Waals surface area contributed by atoms with Gasteiger partial charge in [0.2, 0.25) is 0 Å². The number of rotatable bonds is 5. The Morgan fingerprint density at radius 3 is 2.38 bits per heavy atom. The number of aliphatic hydroxyl groups excluding tert-OH is 1. The van der Waals surface area contributed by atoms with Crippen molar-refractivity contribution >= 4 is 17.2 Å². The minimum absolute atomic E-state index is 0.208. The van der Waals surface area contributed by atoms with E-state index in [1.165, 1.54) is 0 Å². The lowest BCUT2D eigenvalue weighted by Crippen LogP contribution is -2.49. The predicted molar refractivity (Wildman–Crippen MR) is 86.3 cm³/mol. The Hall–Kier alpha value is -1.37. The summed E-state index contributed by atoms with van der Waals surface area (Å²) in [5, 5.41) is 8.97. The van der Waals surface area contributed by atoms with Crippen molar-refractivity contribution in [2.75, 3.05) is 53.6 Å². The Labute approximate surface area is 131 Å². The fourth-order valence-electron chi connectivity index (χ4n) is 2.47. The third kappa shape index (κ3) is 3.84. The second-order valence-corrected chi connectivity index (χ2v) is 5.31. The van der Waals surface area contributed by atoms with Crippen LogP contribution in [0.2, 0.25) is 0 Å². The third-order valence-electron chi connectivity index (χ3n) is 3.71. The van der Waals surface area contributed by atoms with Crippen LogP contribution in [-0.2, 0) is 0 Å². The third-order valence-corrected chi connectivity index (χ3v) is 4.20. The molecule has 0 aromatic heterocycles. The van der Waals surface area contributed by atoms with Crippen molar-refractivity contribution in [1.29, 1.82) is 0 Å². The Kier molecular flexibility index (Phi) is 5.78. The van der Waals surface area contributed by atoms with E-state index in [1.54, 1.807) is 14.2 Å². The summed E-state index contributed by atoms with van der Waals surface area (Å²) in [7, 11) is 3.24. The Balaban J connectivity index is 2.04. The van der Waals surface area contributed by atoms with Gasteiger partial charge < -0.3 is 19.5 Å². The van der Waals surface area contributed by atoms with Crippen LogP contribution in [-0.4, -0.2) is 73.4 Å². The summed E-state index contributed by atoms with van der Waals surface area (Å²) in [5.41, 5.74) is 0.971. The van der Waals surface area contributed by atoms with E-state index in [0.717, 1.165) is 43.3 Å². The van der Waals surface area contributed by atoms with Gasteiger partial charge in [-0.1, -0.05) is 12.2 Å². The molecule has 6 heteroatoms. The molecular weight excluding hydrogens is 288 g/mol. The van der Waals surface area contributed by atoms with Gasteiger partial charge in [-0.05, 0) is 18.2 Å². The van der Waals surface area contributed by atoms with E-state index in [2.05, 4.69) is 9.80 Å². The van der Waals surface area contributed by atoms with E-state index in [0.29, 0.717) is 11.5 Å². The van der Waals surface area contributed by atoms with Crippen LogP contribution in [0.3, 0.4) is 0 Å². The van der Waals surface area contributed by atoms with Crippen LogP contribution in [0.4, 0.5) is 0 Å². The molecular formula is C15H22N2O3S. The van der Waals surface area contributed by atoms with Gasteiger partial charge in [0.15, 0.2) is 11.5 Å². The molecule has 2 rings (SSSR count). The average Bonchev–Trinajstić information content (AvgIpc) is 2.54. The average molecular weight is 310 g/mol. The van der Waals surface area contributed by atoms with Crippen molar-refractivity contribution in [2.45, 2.75) is 0 Å². The molecule has 0 saturated carbocycles. The standard InChI is InChI=1S/C15H22N2O3S/c1-19-13-4-3-12(11-14(13)20-2)15(21)17-7-5-16(6-8-17)9-10-18/h3-4,11,18H,5-10H2,1-2H3. The van der Waals surface area contributed by atoms with E-state index >= 15 is 0 Å². The van der Waals surface area contributed by atoms with Gasteiger partial charge in [0.25, 0.3) is 0 Å². The fraction of sp³-hybridized carbons (Fsp3) is 0.533. The number of β-amino-alcohol motifs (C(OH)–C–C–N with tert-alkyl or cyclic N) is 1. The molecule has 0 atom stereocenters. The zero-order valence-electron chi connectivity index (χ0n) is 12.5. The van der Waals surface area contributed by atoms with Crippen LogP contribution in [0, 0.1) is 0 Å². The highest BCUT2D eigenvalue weighted by Gasteiger charge is 2.20. The second kappa shape index (κ2) is 7.59. The molecule has 1 saturated heterocycles. The SMILES string of the molecule is COc1ccc(C(=S)N2CCN(CCO)CC2)cc1OC. The maximum Gasteiger partial charge on any atom is 0.161 e. The number of piperazine rings is 1. The molecule has 0 bridgehead atoms. The number of ether oxygens (including phenoxy) is 2. The van der Waals surface area contributed by atoms with Gasteiger partial charge >= 0.3 is 0 Å². The summed E-state index contributed by atoms with van der Waals surface area (Å²) < 4.78 is 10.6. The zero-order valence-corrected chi connectivity index (χ0v) is 13.4. The lowest BCUT2D eigenvalue weighted by atomic mass is 10.1. The van der Waals surface area contributed by atoms with Crippen LogP contribution >= 0.6 is 12.2 Å². The molecule has 0 spiro atoms. The maximum absolute atomic E-state index is 8.97. The molecule has 0 amide bonds. The molecule has 0 aliphatic carbocycles. The van der Waals surface area contributed by atoms with Gasteiger partial charge in [0.05, 0.1) is 20.8 Å². The molecule has 21 heavy (non-hydrogen) atoms. The first-order valence-electron chi connectivity index (χ1n) is 7.04. The van der Waals surface area contributed by atoms with Crippen molar-refractivity contribution in [2.24, 2.45) is 0 Å². The fourth-order valence-corrected chi connectivity index (χ4v) is 2.78. The molecule has 1 fully saturated rings. The van der Waals surface area contributed by atoms with Crippen molar-refractivity contribution in [3.63, 3.8) is 0 Å². The summed E-state index contributed by atoms with van der Waals surface area (Å²) >= 11 is 5.59. The Bertz CT molecular complexity index is 488. The van der Waals surface area contributed by atoms with Crippen LogP contribution in [0.5, 0.6) is 11.5 Å². The van der Waals surface area contributed by atoms with E-state index in [4.69, 9.17) is 26.8 Å². The molecule has 0 radical (unpaired) electrons. The van der Waals surface area contributed by atoms with E-state index in [1.807, 2.05) is 18.2 Å². The monoisotopic (exact) mass is 310 g/mol. The zero-order chi connectivity index (χ0) is 15.2. The van der Waals surface area contributed by atoms with Crippen LogP contribution < -0.4 is 9.47 Å². The minimum Gasteiger partial charge on any atom is -0.493 e. The highest BCUT2D eigenvalue weighted by molar-refractivity contribution is 7.80. The molecule has 0 unspecified atom stereocenters. The topological polar surface area (TPSA) is 45.2 Å². The van der Waals surface area contributed by atoms with Gasteiger partial charge in [-0.2, -0.15) is 0 Å². The molecule has 1 aliphatic heterocycles. The van der Waals surface area contributed by atoms with Crippen LogP contribution in [0.15, 0.2) is 18.2 Å². The van der Waals surface area contributed by atoms with E-state index in [-0.39, 0.29) is 6.61 Å². The highest BCUT2D eigenvalue weighted by Crippen LogP contribution is 2.28. The lowest BCUT2D eigenvalue weighted by Gasteiger charge is -2.36. The largest absolute Gasteiger partial charge is 0.493 e. The summed E-state index contributed by atoms with van der Waals surface area (Å²) in [5.74, 6) is 1.40. The smallest absolute Gasteiger partial charge is 0.161 e. The van der Waals surface area contributed by atoms with Gasteiger partial charge in [0.1, 0.15) is 4.99 Å². The van der Waals surface area contributed by atoms with Crippen molar-refractivity contribution in [3.8, 4) is 11.5 Å². The Morgan fingerprint density at radius 1 is 1.14 bits per heavy atom. The van der Waals surface area contributed by atoms with Crippen molar-refractivity contribution in [1.82, 2.24) is 9.80 Å². The summed E-state index contributed by atoms with van der Waals surface area (Å²) in [6.45, 7) is 4.55. The quantitative estimate of drug-likeness (QED) is 0.818. The molecule has 1 heterocycles. The first-order valence-corrected chi connectivity index (χ1v) is 7.45. The number of hydrogen-bond donors (Lipinski definition) is 1. The molecule has 1 aromatic carbocycles. The van der Waals surface area contributed by atoms with Crippen molar-refractivity contribution < 1.29 is 14.6 Å². The maximum atomic E-state index is 8.97. The Morgan fingerprint density at radius 2 is 1.81 bits per heavy atom. The predicted octanol–water partition coefficient (Wildman–Crippen LogP) is 0.989. The number of methoxy groups -OCH3 is 2. The number of aliphatic hydroxyl groups is 1. The molecule has 1 aliphatic rings. The molecule has 5 nitrogen and oxygen atoms in total. The summed E-state index contributed by atoms with van der Waals surface area (Å²) in [6.07, 6.45) is 0. The van der Waals surface area contributed by atoms with E-state index < -0.39 is 0 Å². The first kappa shape index (κ1) is 16.0. The second-order valence-electron chi connectivity index (χ2n) is 4.93. The lowest BCUT2D eigenvalue weighted by molar-refractivity contribution is 0.148. The number of benzene rings is 1. The normalized spacial score (nSPS) is 15.9. The molecule has 116 valence electrons. The van der Waals surface area contributed by atoms with Gasteiger partial charge in [0, 0.05) is 38.3 Å². The highest BCUT2D eigenvalue weighted by atomic mass is 32.1. The summed E-state index contributed by atoms with van der Waals surface area (Å²) in [4.78, 5) is 5.28. The van der Waals surface area contributed by atoms with Gasteiger partial charge in [-0.25, -0.2) is 0 Å². The molecule has 1 aromatic rings. The van der Waals surface area contributed by atoms with Crippen molar-refractivity contribution in [3.05, 3.63) is 23.8 Å². The van der Waals surface area contributed by atoms with Crippen LogP contribution in [0.1, 0.15) is 5.56 Å². The first-order chi connectivity index (χ1) is 10.2. The van der Waals surface area contributed by atoms with Gasteiger partial charge in [-0.15, -0.1) is 0 Å². The van der Waals surface area contributed by atoms with Crippen LogP contribution in [0.25, 0.3) is 0 Å². The minimum atomic E-state index is 0.208. The number of hydrogen-bond acceptors (Lipinski definition) is 5. The van der Waals surface area contributed by atoms with E-state index in [9.17, 15) is 0 Å². The van der Waals surface area contributed by atoms with Gasteiger partial charge in [-0.3, -0.25) is 4.90 Å². The number of nitrogens with zero attached hydrogens (tertiary/aromatic N) is 2. The number of thiocarbonyl (C=S) groups is 1.